The molecule has 0 saturated heterocycles. The number of hydrogen-bond donors (Lipinski definition) is 2. The molecule has 0 bridgehead atoms. The van der Waals surface area contributed by atoms with Crippen molar-refractivity contribution < 1.29 is 14.7 Å². The minimum atomic E-state index is -0.953. The van der Waals surface area contributed by atoms with Crippen molar-refractivity contribution in [2.24, 2.45) is 5.92 Å². The number of benzene rings is 1. The highest BCUT2D eigenvalue weighted by atomic mass is 79.9. The lowest BCUT2D eigenvalue weighted by Gasteiger charge is -2.09. The summed E-state index contributed by atoms with van der Waals surface area (Å²) in [6.45, 7) is 1.59. The molecule has 1 unspecified atom stereocenters. The number of halogens is 2. The summed E-state index contributed by atoms with van der Waals surface area (Å²) < 4.78 is 0.623. The smallest absolute Gasteiger partial charge is 0.308 e. The van der Waals surface area contributed by atoms with Crippen LogP contribution in [0, 0.1) is 5.92 Å². The molecule has 1 aromatic carbocycles. The summed E-state index contributed by atoms with van der Waals surface area (Å²) in [6.07, 6.45) is 0. The molecule has 0 aliphatic carbocycles. The van der Waals surface area contributed by atoms with Crippen LogP contribution in [0.2, 0.25) is 5.02 Å². The Bertz CT molecular complexity index is 450. The number of rotatable bonds is 4. The Hall–Kier alpha value is -1.07. The summed E-state index contributed by atoms with van der Waals surface area (Å²) in [5.74, 6) is -1.97. The first-order valence-corrected chi connectivity index (χ1v) is 6.05. The topological polar surface area (TPSA) is 66.4 Å². The van der Waals surface area contributed by atoms with Crippen LogP contribution in [0.3, 0.4) is 0 Å². The highest BCUT2D eigenvalue weighted by Gasteiger charge is 2.15. The molecule has 92 valence electrons. The summed E-state index contributed by atoms with van der Waals surface area (Å²) in [4.78, 5) is 22.3. The monoisotopic (exact) mass is 319 g/mol. The van der Waals surface area contributed by atoms with Crippen LogP contribution in [0.15, 0.2) is 22.7 Å². The molecule has 0 aromatic heterocycles. The first-order chi connectivity index (χ1) is 7.93. The Morgan fingerprint density at radius 1 is 1.53 bits per heavy atom. The van der Waals surface area contributed by atoms with Gasteiger partial charge in [0, 0.05) is 11.0 Å². The Morgan fingerprint density at radius 2 is 2.18 bits per heavy atom. The number of hydrogen-bond acceptors (Lipinski definition) is 2. The van der Waals surface area contributed by atoms with E-state index in [0.29, 0.717) is 15.1 Å². The number of carbonyl (C=O) groups is 2. The van der Waals surface area contributed by atoms with Crippen LogP contribution < -0.4 is 5.32 Å². The summed E-state index contributed by atoms with van der Waals surface area (Å²) in [5, 5.41) is 11.5. The lowest BCUT2D eigenvalue weighted by molar-refractivity contribution is -0.140. The molecule has 0 spiro atoms. The van der Waals surface area contributed by atoms with E-state index >= 15 is 0 Å². The second kappa shape index (κ2) is 6.02. The Kier molecular flexibility index (Phi) is 4.96. The number of carboxylic acids is 1. The molecular formula is C11H11BrClNO3. The average Bonchev–Trinajstić information content (AvgIpc) is 2.29. The van der Waals surface area contributed by atoms with E-state index < -0.39 is 11.9 Å². The molecule has 0 aliphatic heterocycles. The van der Waals surface area contributed by atoms with Gasteiger partial charge in [0.1, 0.15) is 0 Å². The molecule has 0 aliphatic rings. The van der Waals surface area contributed by atoms with Crippen LogP contribution in [0.5, 0.6) is 0 Å². The first-order valence-electron chi connectivity index (χ1n) is 4.88. The van der Waals surface area contributed by atoms with Crippen molar-refractivity contribution in [3.8, 4) is 0 Å². The van der Waals surface area contributed by atoms with Crippen LogP contribution in [0.1, 0.15) is 17.3 Å². The molecule has 0 fully saturated rings. The van der Waals surface area contributed by atoms with Crippen LogP contribution >= 0.6 is 27.5 Å². The third-order valence-corrected chi connectivity index (χ3v) is 3.48. The highest BCUT2D eigenvalue weighted by Crippen LogP contribution is 2.25. The second-order valence-corrected chi connectivity index (χ2v) is 4.78. The summed E-state index contributed by atoms with van der Waals surface area (Å²) in [5.41, 5.74) is 0.318. The molecule has 1 rings (SSSR count). The number of amides is 1. The van der Waals surface area contributed by atoms with Gasteiger partial charge in [-0.05, 0) is 28.1 Å². The van der Waals surface area contributed by atoms with E-state index in [1.165, 1.54) is 6.92 Å². The van der Waals surface area contributed by atoms with Crippen molar-refractivity contribution in [2.75, 3.05) is 6.54 Å². The predicted octanol–water partition coefficient (Wildman–Crippen LogP) is 2.55. The third-order valence-electron chi connectivity index (χ3n) is 2.19. The van der Waals surface area contributed by atoms with E-state index in [1.54, 1.807) is 18.2 Å². The van der Waals surface area contributed by atoms with Gasteiger partial charge in [-0.15, -0.1) is 0 Å². The van der Waals surface area contributed by atoms with Crippen molar-refractivity contribution in [3.05, 3.63) is 33.3 Å². The molecule has 1 amide bonds. The third kappa shape index (κ3) is 3.71. The van der Waals surface area contributed by atoms with Crippen LogP contribution in [-0.4, -0.2) is 23.5 Å². The molecule has 2 N–H and O–H groups in total. The van der Waals surface area contributed by atoms with Crippen molar-refractivity contribution in [2.45, 2.75) is 6.92 Å². The Labute approximate surface area is 112 Å². The quantitative estimate of drug-likeness (QED) is 0.896. The van der Waals surface area contributed by atoms with Gasteiger partial charge < -0.3 is 10.4 Å². The molecule has 1 aromatic rings. The van der Waals surface area contributed by atoms with E-state index in [4.69, 9.17) is 16.7 Å². The summed E-state index contributed by atoms with van der Waals surface area (Å²) in [6, 6.07) is 4.98. The van der Waals surface area contributed by atoms with E-state index in [-0.39, 0.29) is 12.5 Å². The fraction of sp³-hybridized carbons (Fsp3) is 0.273. The number of carboxylic acid groups (broad SMARTS) is 1. The predicted molar refractivity (Wildman–Crippen MR) is 68.3 cm³/mol. The standard InChI is InChI=1S/C11H11BrClNO3/c1-6(11(16)17)5-14-10(15)7-3-2-4-8(12)9(7)13/h2-4,6H,5H2,1H3,(H,14,15)(H,16,17). The zero-order chi connectivity index (χ0) is 13.0. The summed E-state index contributed by atoms with van der Waals surface area (Å²) >= 11 is 9.15. The van der Waals surface area contributed by atoms with Gasteiger partial charge in [0.15, 0.2) is 0 Å². The van der Waals surface area contributed by atoms with Crippen LogP contribution in [-0.2, 0) is 4.79 Å². The van der Waals surface area contributed by atoms with E-state index in [9.17, 15) is 9.59 Å². The average molecular weight is 321 g/mol. The molecule has 6 heteroatoms. The highest BCUT2D eigenvalue weighted by molar-refractivity contribution is 9.10. The number of nitrogens with one attached hydrogen (secondary N) is 1. The SMILES string of the molecule is CC(CNC(=O)c1cccc(Br)c1Cl)C(=O)O. The molecule has 4 nitrogen and oxygen atoms in total. The second-order valence-electron chi connectivity index (χ2n) is 3.55. The lowest BCUT2D eigenvalue weighted by atomic mass is 10.1. The zero-order valence-corrected chi connectivity index (χ0v) is 11.4. The van der Waals surface area contributed by atoms with Crippen LogP contribution in [0.25, 0.3) is 0 Å². The van der Waals surface area contributed by atoms with Crippen molar-refractivity contribution in [1.82, 2.24) is 5.32 Å². The fourth-order valence-electron chi connectivity index (χ4n) is 1.11. The fourth-order valence-corrected chi connectivity index (χ4v) is 1.69. The molecule has 0 radical (unpaired) electrons. The van der Waals surface area contributed by atoms with E-state index in [0.717, 1.165) is 0 Å². The number of aliphatic carboxylic acids is 1. The van der Waals surface area contributed by atoms with Crippen molar-refractivity contribution >= 4 is 39.4 Å². The van der Waals surface area contributed by atoms with Gasteiger partial charge in [0.25, 0.3) is 5.91 Å². The maximum absolute atomic E-state index is 11.7. The molecule has 0 heterocycles. The van der Waals surface area contributed by atoms with E-state index in [1.807, 2.05) is 0 Å². The molecular weight excluding hydrogens is 309 g/mol. The molecule has 0 saturated carbocycles. The maximum atomic E-state index is 11.7. The Balaban J connectivity index is 2.71. The maximum Gasteiger partial charge on any atom is 0.308 e. The largest absolute Gasteiger partial charge is 0.481 e. The first kappa shape index (κ1) is 14.0. The van der Waals surface area contributed by atoms with Crippen molar-refractivity contribution in [1.29, 1.82) is 0 Å². The molecule has 17 heavy (non-hydrogen) atoms. The minimum Gasteiger partial charge on any atom is -0.481 e. The van der Waals surface area contributed by atoms with Gasteiger partial charge in [0.2, 0.25) is 0 Å². The summed E-state index contributed by atoms with van der Waals surface area (Å²) in [7, 11) is 0. The zero-order valence-electron chi connectivity index (χ0n) is 9.04. The van der Waals surface area contributed by atoms with Gasteiger partial charge in [-0.2, -0.15) is 0 Å². The normalized spacial score (nSPS) is 11.9. The van der Waals surface area contributed by atoms with Gasteiger partial charge in [-0.3, -0.25) is 9.59 Å². The van der Waals surface area contributed by atoms with E-state index in [2.05, 4.69) is 21.2 Å². The molecule has 1 atom stereocenters. The number of carbonyl (C=O) groups excluding carboxylic acids is 1. The van der Waals surface area contributed by atoms with Gasteiger partial charge in [-0.1, -0.05) is 24.6 Å². The lowest BCUT2D eigenvalue weighted by Crippen LogP contribution is -2.31. The minimum absolute atomic E-state index is 0.0665. The van der Waals surface area contributed by atoms with Gasteiger partial charge in [0.05, 0.1) is 16.5 Å². The van der Waals surface area contributed by atoms with Gasteiger partial charge >= 0.3 is 5.97 Å². The van der Waals surface area contributed by atoms with Crippen molar-refractivity contribution in [3.63, 3.8) is 0 Å². The van der Waals surface area contributed by atoms with Crippen LogP contribution in [0.4, 0.5) is 0 Å². The Morgan fingerprint density at radius 3 is 2.76 bits per heavy atom. The van der Waals surface area contributed by atoms with Gasteiger partial charge in [-0.25, -0.2) is 0 Å².